The van der Waals surface area contributed by atoms with E-state index >= 15 is 0 Å². The van der Waals surface area contributed by atoms with E-state index < -0.39 is 5.91 Å². The number of hydrazone groups is 1. The lowest BCUT2D eigenvalue weighted by molar-refractivity contribution is -0.114. The smallest absolute Gasteiger partial charge is 0.283 e. The number of amidine groups is 2. The number of fused-ring (bicyclic) bond motifs is 1. The third kappa shape index (κ3) is 4.75. The lowest BCUT2D eigenvalue weighted by Gasteiger charge is -2.20. The molecule has 0 spiro atoms. The van der Waals surface area contributed by atoms with Crippen molar-refractivity contribution < 1.29 is 14.3 Å². The molecule has 2 aliphatic heterocycles. The topological polar surface area (TPSA) is 87.3 Å². The molecule has 164 valence electrons. The molecule has 0 radical (unpaired) electrons. The van der Waals surface area contributed by atoms with Crippen LogP contribution in [0.3, 0.4) is 0 Å². The van der Waals surface area contributed by atoms with E-state index in [0.29, 0.717) is 24.1 Å². The molecule has 4 rings (SSSR count). The fraction of sp³-hybridized carbons (Fsp3) is 0.250. The van der Waals surface area contributed by atoms with Crippen LogP contribution in [-0.2, 0) is 4.79 Å². The van der Waals surface area contributed by atoms with Crippen LogP contribution in [0.2, 0.25) is 0 Å². The van der Waals surface area contributed by atoms with Crippen LogP contribution in [0, 0.1) is 18.3 Å². The number of para-hydroxylation sites is 1. The zero-order valence-electron chi connectivity index (χ0n) is 18.2. The highest BCUT2D eigenvalue weighted by Gasteiger charge is 2.36. The summed E-state index contributed by atoms with van der Waals surface area (Å²) in [6.07, 6.45) is 1.66. The normalized spacial score (nSPS) is 16.9. The first-order valence-corrected chi connectivity index (χ1v) is 11.2. The maximum atomic E-state index is 12.5. The van der Waals surface area contributed by atoms with Gasteiger partial charge in [0.05, 0.1) is 5.57 Å². The Morgan fingerprint density at radius 1 is 1.09 bits per heavy atom. The van der Waals surface area contributed by atoms with Gasteiger partial charge in [0.25, 0.3) is 5.91 Å². The molecular weight excluding hydrogens is 424 g/mol. The van der Waals surface area contributed by atoms with Crippen LogP contribution in [0.4, 0.5) is 0 Å². The molecule has 0 atom stereocenters. The summed E-state index contributed by atoms with van der Waals surface area (Å²) in [5.74, 6) is 1.37. The molecule has 0 bridgehead atoms. The minimum absolute atomic E-state index is 0.0387. The van der Waals surface area contributed by atoms with Crippen LogP contribution in [0.5, 0.6) is 11.5 Å². The van der Waals surface area contributed by atoms with Gasteiger partial charge in [0, 0.05) is 5.92 Å². The highest BCUT2D eigenvalue weighted by molar-refractivity contribution is 8.27. The predicted molar refractivity (Wildman–Crippen MR) is 128 cm³/mol. The van der Waals surface area contributed by atoms with Gasteiger partial charge >= 0.3 is 0 Å². The van der Waals surface area contributed by atoms with Crippen molar-refractivity contribution in [2.24, 2.45) is 16.0 Å². The van der Waals surface area contributed by atoms with E-state index in [2.05, 4.69) is 10.1 Å². The van der Waals surface area contributed by atoms with Crippen molar-refractivity contribution in [3.8, 4) is 11.5 Å². The fourth-order valence-electron chi connectivity index (χ4n) is 3.10. The van der Waals surface area contributed by atoms with Crippen molar-refractivity contribution in [2.45, 2.75) is 20.8 Å². The summed E-state index contributed by atoms with van der Waals surface area (Å²) < 4.78 is 11.5. The molecule has 0 aliphatic carbocycles. The van der Waals surface area contributed by atoms with Crippen LogP contribution in [0.1, 0.15) is 25.0 Å². The maximum Gasteiger partial charge on any atom is 0.283 e. The largest absolute Gasteiger partial charge is 0.490 e. The Hall–Kier alpha value is -3.39. The lowest BCUT2D eigenvalue weighted by Crippen LogP contribution is -2.35. The molecule has 0 saturated heterocycles. The third-order valence-corrected chi connectivity index (χ3v) is 6.07. The lowest BCUT2D eigenvalue weighted by atomic mass is 10.1. The molecule has 7 nitrogen and oxygen atoms in total. The van der Waals surface area contributed by atoms with Crippen molar-refractivity contribution in [3.63, 3.8) is 0 Å². The summed E-state index contributed by atoms with van der Waals surface area (Å²) in [7, 11) is 0. The zero-order valence-corrected chi connectivity index (χ0v) is 19.0. The number of aryl methyl sites for hydroxylation is 1. The first-order valence-electron chi connectivity index (χ1n) is 10.3. The molecule has 0 unspecified atom stereocenters. The van der Waals surface area contributed by atoms with Crippen molar-refractivity contribution in [1.82, 2.24) is 5.01 Å². The molecule has 0 aromatic heterocycles. The molecule has 1 N–H and O–H groups in total. The number of benzene rings is 2. The maximum absolute atomic E-state index is 12.5. The first-order chi connectivity index (χ1) is 15.4. The number of rotatable bonds is 7. The van der Waals surface area contributed by atoms with Gasteiger partial charge in [-0.1, -0.05) is 44.2 Å². The zero-order chi connectivity index (χ0) is 22.7. The quantitative estimate of drug-likeness (QED) is 0.489. The predicted octanol–water partition coefficient (Wildman–Crippen LogP) is 4.73. The first kappa shape index (κ1) is 21.8. The number of carbonyl (C=O) groups excluding carboxylic acids is 1. The van der Waals surface area contributed by atoms with Crippen LogP contribution in [0.15, 0.2) is 64.2 Å². The number of hydrogen-bond donors (Lipinski definition) is 1. The Balaban J connectivity index is 1.37. The summed E-state index contributed by atoms with van der Waals surface area (Å²) in [4.78, 5) is 16.6. The van der Waals surface area contributed by atoms with Gasteiger partial charge in [-0.15, -0.1) is 0 Å². The number of carbonyl (C=O) groups is 1. The number of amides is 1. The molecule has 0 saturated carbocycles. The molecular formula is C24H24N4O3S. The van der Waals surface area contributed by atoms with Gasteiger partial charge in [-0.3, -0.25) is 10.2 Å². The third-order valence-electron chi connectivity index (χ3n) is 4.86. The monoisotopic (exact) mass is 448 g/mol. The van der Waals surface area contributed by atoms with Gasteiger partial charge < -0.3 is 9.47 Å². The van der Waals surface area contributed by atoms with Gasteiger partial charge in [0.2, 0.25) is 5.17 Å². The summed E-state index contributed by atoms with van der Waals surface area (Å²) in [6, 6.07) is 15.2. The molecule has 2 heterocycles. The Bertz CT molecular complexity index is 1140. The minimum atomic E-state index is -0.428. The van der Waals surface area contributed by atoms with Gasteiger partial charge in [-0.25, -0.2) is 0 Å². The fourth-order valence-corrected chi connectivity index (χ4v) is 3.99. The van der Waals surface area contributed by atoms with Gasteiger partial charge in [-0.2, -0.15) is 15.1 Å². The van der Waals surface area contributed by atoms with Gasteiger partial charge in [0.1, 0.15) is 29.8 Å². The molecule has 2 aromatic rings. The van der Waals surface area contributed by atoms with Crippen molar-refractivity contribution in [3.05, 3.63) is 65.2 Å². The molecule has 2 aliphatic rings. The Kier molecular flexibility index (Phi) is 6.41. The van der Waals surface area contributed by atoms with Crippen molar-refractivity contribution in [2.75, 3.05) is 13.2 Å². The van der Waals surface area contributed by atoms with E-state index in [1.807, 2.05) is 69.3 Å². The SMILES string of the molecule is Cc1ccccc1OCCOc1ccc(C=C2C(=N)N3N=C(C(C)C)SC3=NC2=O)cc1. The molecule has 1 amide bonds. The Morgan fingerprint density at radius 3 is 2.53 bits per heavy atom. The second kappa shape index (κ2) is 9.40. The van der Waals surface area contributed by atoms with E-state index in [9.17, 15) is 4.79 Å². The number of hydrogen-bond acceptors (Lipinski definition) is 6. The number of thioether (sulfide) groups is 1. The van der Waals surface area contributed by atoms with Gasteiger partial charge in [0.15, 0.2) is 5.84 Å². The summed E-state index contributed by atoms with van der Waals surface area (Å²) >= 11 is 1.34. The van der Waals surface area contributed by atoms with E-state index in [1.54, 1.807) is 6.08 Å². The minimum Gasteiger partial charge on any atom is -0.490 e. The average molecular weight is 449 g/mol. The van der Waals surface area contributed by atoms with E-state index in [4.69, 9.17) is 14.9 Å². The molecule has 0 fully saturated rings. The van der Waals surface area contributed by atoms with Crippen molar-refractivity contribution in [1.29, 1.82) is 5.41 Å². The second-order valence-electron chi connectivity index (χ2n) is 7.64. The number of nitrogens with zero attached hydrogens (tertiary/aromatic N) is 3. The number of ether oxygens (including phenoxy) is 2. The average Bonchev–Trinajstić information content (AvgIpc) is 3.21. The standard InChI is InChI=1S/C24H24N4O3S/c1-15(2)23-27-28-21(25)19(22(29)26-24(28)32-23)14-17-8-10-18(11-9-17)30-12-13-31-20-7-5-4-6-16(20)3/h4-11,14-15,25H,12-13H2,1-3H3. The van der Waals surface area contributed by atoms with Crippen LogP contribution in [-0.4, -0.2) is 40.2 Å². The summed E-state index contributed by atoms with van der Waals surface area (Å²) in [5.41, 5.74) is 2.08. The molecule has 32 heavy (non-hydrogen) atoms. The molecule has 8 heteroatoms. The van der Waals surface area contributed by atoms with E-state index in [-0.39, 0.29) is 17.3 Å². The number of aliphatic imine (C=N–C) groups is 1. The summed E-state index contributed by atoms with van der Waals surface area (Å²) in [6.45, 7) is 6.90. The van der Waals surface area contributed by atoms with Crippen LogP contribution >= 0.6 is 11.8 Å². The van der Waals surface area contributed by atoms with Crippen LogP contribution in [0.25, 0.3) is 6.08 Å². The van der Waals surface area contributed by atoms with Gasteiger partial charge in [-0.05, 0) is 54.1 Å². The van der Waals surface area contributed by atoms with Crippen LogP contribution < -0.4 is 9.47 Å². The highest BCUT2D eigenvalue weighted by Crippen LogP contribution is 2.30. The summed E-state index contributed by atoms with van der Waals surface area (Å²) in [5, 5.41) is 15.6. The second-order valence-corrected chi connectivity index (χ2v) is 8.63. The van der Waals surface area contributed by atoms with E-state index in [1.165, 1.54) is 16.8 Å². The van der Waals surface area contributed by atoms with Crippen molar-refractivity contribution >= 4 is 39.8 Å². The Morgan fingerprint density at radius 2 is 1.81 bits per heavy atom. The highest BCUT2D eigenvalue weighted by atomic mass is 32.2. The van der Waals surface area contributed by atoms with E-state index in [0.717, 1.165) is 21.9 Å². The Labute approximate surface area is 191 Å². The molecule has 2 aromatic carbocycles. The number of nitrogens with one attached hydrogen (secondary N) is 1.